The first-order valence-corrected chi connectivity index (χ1v) is 6.87. The quantitative estimate of drug-likeness (QED) is 0.747. The standard InChI is InChI=1S/C16H13ClN2O2/c1-10-8-12(17)3-2-11(10)9-21-16(20)14-5-7-19-15-13(14)4-6-18-15/h2-8H,9H2,1H3,(H,18,19). The highest BCUT2D eigenvalue weighted by atomic mass is 35.5. The van der Waals surface area contributed by atoms with Crippen LogP contribution in [0.2, 0.25) is 5.02 Å². The van der Waals surface area contributed by atoms with E-state index in [0.717, 1.165) is 16.5 Å². The molecule has 0 bridgehead atoms. The number of hydrogen-bond acceptors (Lipinski definition) is 3. The smallest absolute Gasteiger partial charge is 0.339 e. The van der Waals surface area contributed by atoms with Crippen molar-refractivity contribution < 1.29 is 9.53 Å². The van der Waals surface area contributed by atoms with E-state index in [4.69, 9.17) is 16.3 Å². The van der Waals surface area contributed by atoms with Crippen molar-refractivity contribution in [2.45, 2.75) is 13.5 Å². The fourth-order valence-corrected chi connectivity index (χ4v) is 2.41. The van der Waals surface area contributed by atoms with Crippen LogP contribution in [0.25, 0.3) is 11.0 Å². The molecule has 0 fully saturated rings. The summed E-state index contributed by atoms with van der Waals surface area (Å²) in [6, 6.07) is 8.97. The molecule has 21 heavy (non-hydrogen) atoms. The Bertz CT molecular complexity index is 811. The second-order valence-electron chi connectivity index (χ2n) is 4.75. The SMILES string of the molecule is Cc1cc(Cl)ccc1COC(=O)c1ccnc2[nH]ccc12. The van der Waals surface area contributed by atoms with Gasteiger partial charge in [0.15, 0.2) is 0 Å². The summed E-state index contributed by atoms with van der Waals surface area (Å²) in [7, 11) is 0. The number of ether oxygens (including phenoxy) is 1. The topological polar surface area (TPSA) is 55.0 Å². The largest absolute Gasteiger partial charge is 0.457 e. The van der Waals surface area contributed by atoms with Gasteiger partial charge in [-0.25, -0.2) is 9.78 Å². The Morgan fingerprint density at radius 2 is 2.19 bits per heavy atom. The van der Waals surface area contributed by atoms with E-state index in [0.29, 0.717) is 16.2 Å². The molecule has 106 valence electrons. The summed E-state index contributed by atoms with van der Waals surface area (Å²) in [4.78, 5) is 19.3. The van der Waals surface area contributed by atoms with E-state index >= 15 is 0 Å². The second kappa shape index (κ2) is 5.58. The number of benzene rings is 1. The normalized spacial score (nSPS) is 10.8. The fraction of sp³-hybridized carbons (Fsp3) is 0.125. The van der Waals surface area contributed by atoms with Crippen LogP contribution in [0.1, 0.15) is 21.5 Å². The first kappa shape index (κ1) is 13.6. The van der Waals surface area contributed by atoms with E-state index in [1.807, 2.05) is 25.1 Å². The van der Waals surface area contributed by atoms with Crippen molar-refractivity contribution in [2.75, 3.05) is 0 Å². The molecular formula is C16H13ClN2O2. The Morgan fingerprint density at radius 1 is 1.33 bits per heavy atom. The Hall–Kier alpha value is -2.33. The number of halogens is 1. The number of H-pyrrole nitrogens is 1. The van der Waals surface area contributed by atoms with Crippen molar-refractivity contribution >= 4 is 28.6 Å². The van der Waals surface area contributed by atoms with Gasteiger partial charge in [0.25, 0.3) is 0 Å². The Balaban J connectivity index is 1.79. The first-order valence-electron chi connectivity index (χ1n) is 6.49. The van der Waals surface area contributed by atoms with Gasteiger partial charge in [0.2, 0.25) is 0 Å². The zero-order chi connectivity index (χ0) is 14.8. The van der Waals surface area contributed by atoms with Crippen molar-refractivity contribution in [2.24, 2.45) is 0 Å². The van der Waals surface area contributed by atoms with Gasteiger partial charge in [-0.2, -0.15) is 0 Å². The zero-order valence-electron chi connectivity index (χ0n) is 11.4. The van der Waals surface area contributed by atoms with E-state index in [1.165, 1.54) is 0 Å². The summed E-state index contributed by atoms with van der Waals surface area (Å²) >= 11 is 5.91. The number of nitrogens with one attached hydrogen (secondary N) is 1. The van der Waals surface area contributed by atoms with Crippen LogP contribution in [0.5, 0.6) is 0 Å². The molecule has 0 aliphatic heterocycles. The third kappa shape index (κ3) is 2.76. The van der Waals surface area contributed by atoms with Gasteiger partial charge >= 0.3 is 5.97 Å². The number of aromatic nitrogens is 2. The predicted octanol–water partition coefficient (Wildman–Crippen LogP) is 3.88. The summed E-state index contributed by atoms with van der Waals surface area (Å²) in [5.41, 5.74) is 3.11. The molecule has 1 aromatic carbocycles. The molecule has 2 heterocycles. The molecule has 2 aromatic heterocycles. The molecule has 3 rings (SSSR count). The summed E-state index contributed by atoms with van der Waals surface area (Å²) in [5.74, 6) is -0.364. The zero-order valence-corrected chi connectivity index (χ0v) is 12.1. The molecule has 1 N–H and O–H groups in total. The molecule has 0 atom stereocenters. The molecule has 0 saturated heterocycles. The maximum Gasteiger partial charge on any atom is 0.339 e. The van der Waals surface area contributed by atoms with E-state index in [2.05, 4.69) is 9.97 Å². The Morgan fingerprint density at radius 3 is 3.00 bits per heavy atom. The van der Waals surface area contributed by atoms with Crippen molar-refractivity contribution in [3.63, 3.8) is 0 Å². The van der Waals surface area contributed by atoms with Crippen molar-refractivity contribution in [3.05, 3.63) is 64.4 Å². The van der Waals surface area contributed by atoms with Crippen LogP contribution in [0, 0.1) is 6.92 Å². The third-order valence-corrected chi connectivity index (χ3v) is 3.58. The Kier molecular flexibility index (Phi) is 3.62. The number of aromatic amines is 1. The molecular weight excluding hydrogens is 288 g/mol. The van der Waals surface area contributed by atoms with Crippen LogP contribution in [0.3, 0.4) is 0 Å². The number of fused-ring (bicyclic) bond motifs is 1. The molecule has 0 amide bonds. The lowest BCUT2D eigenvalue weighted by Crippen LogP contribution is -2.06. The lowest BCUT2D eigenvalue weighted by atomic mass is 10.1. The highest BCUT2D eigenvalue weighted by Crippen LogP contribution is 2.19. The number of carbonyl (C=O) groups is 1. The minimum atomic E-state index is -0.364. The monoisotopic (exact) mass is 300 g/mol. The van der Waals surface area contributed by atoms with Gasteiger partial charge in [0.1, 0.15) is 12.3 Å². The number of carbonyl (C=O) groups excluding carboxylic acids is 1. The van der Waals surface area contributed by atoms with Crippen molar-refractivity contribution in [3.8, 4) is 0 Å². The van der Waals surface area contributed by atoms with E-state index in [1.54, 1.807) is 24.5 Å². The minimum Gasteiger partial charge on any atom is -0.457 e. The highest BCUT2D eigenvalue weighted by molar-refractivity contribution is 6.30. The number of aryl methyl sites for hydroxylation is 1. The third-order valence-electron chi connectivity index (χ3n) is 3.34. The van der Waals surface area contributed by atoms with Crippen LogP contribution in [-0.4, -0.2) is 15.9 Å². The molecule has 4 nitrogen and oxygen atoms in total. The highest BCUT2D eigenvalue weighted by Gasteiger charge is 2.13. The molecule has 0 unspecified atom stereocenters. The summed E-state index contributed by atoms with van der Waals surface area (Å²) in [6.45, 7) is 2.15. The van der Waals surface area contributed by atoms with Crippen LogP contribution < -0.4 is 0 Å². The lowest BCUT2D eigenvalue weighted by molar-refractivity contribution is 0.0474. The second-order valence-corrected chi connectivity index (χ2v) is 5.18. The number of pyridine rings is 1. The molecule has 0 aliphatic rings. The van der Waals surface area contributed by atoms with Crippen LogP contribution in [-0.2, 0) is 11.3 Å². The van der Waals surface area contributed by atoms with E-state index < -0.39 is 0 Å². The number of esters is 1. The lowest BCUT2D eigenvalue weighted by Gasteiger charge is -2.08. The number of hydrogen-bond donors (Lipinski definition) is 1. The maximum absolute atomic E-state index is 12.2. The average Bonchev–Trinajstić information content (AvgIpc) is 2.94. The summed E-state index contributed by atoms with van der Waals surface area (Å²) in [5, 5.41) is 1.43. The Labute approximate surface area is 126 Å². The van der Waals surface area contributed by atoms with Crippen molar-refractivity contribution in [1.29, 1.82) is 0 Å². The predicted molar refractivity (Wildman–Crippen MR) is 81.4 cm³/mol. The molecule has 0 saturated carbocycles. The van der Waals surface area contributed by atoms with Gasteiger partial charge in [-0.3, -0.25) is 0 Å². The number of rotatable bonds is 3. The van der Waals surface area contributed by atoms with Gasteiger partial charge in [-0.1, -0.05) is 17.7 Å². The molecule has 5 heteroatoms. The summed E-state index contributed by atoms with van der Waals surface area (Å²) in [6.07, 6.45) is 3.33. The molecule has 0 radical (unpaired) electrons. The van der Waals surface area contributed by atoms with Gasteiger partial charge in [-0.05, 0) is 42.3 Å². The van der Waals surface area contributed by atoms with Gasteiger partial charge in [-0.15, -0.1) is 0 Å². The molecule has 0 aliphatic carbocycles. The van der Waals surface area contributed by atoms with Gasteiger partial charge < -0.3 is 9.72 Å². The van der Waals surface area contributed by atoms with Crippen LogP contribution in [0.4, 0.5) is 0 Å². The van der Waals surface area contributed by atoms with Crippen LogP contribution in [0.15, 0.2) is 42.7 Å². The van der Waals surface area contributed by atoms with Gasteiger partial charge in [0.05, 0.1) is 5.56 Å². The number of nitrogens with zero attached hydrogens (tertiary/aromatic N) is 1. The minimum absolute atomic E-state index is 0.218. The van der Waals surface area contributed by atoms with Crippen LogP contribution >= 0.6 is 11.6 Å². The summed E-state index contributed by atoms with van der Waals surface area (Å²) < 4.78 is 5.39. The fourth-order valence-electron chi connectivity index (χ4n) is 2.18. The van der Waals surface area contributed by atoms with Gasteiger partial charge in [0, 0.05) is 22.8 Å². The van der Waals surface area contributed by atoms with Crippen molar-refractivity contribution in [1.82, 2.24) is 9.97 Å². The van der Waals surface area contributed by atoms with E-state index in [-0.39, 0.29) is 12.6 Å². The maximum atomic E-state index is 12.2. The van der Waals surface area contributed by atoms with E-state index in [9.17, 15) is 4.79 Å². The molecule has 0 spiro atoms. The molecule has 3 aromatic rings. The average molecular weight is 301 g/mol. The first-order chi connectivity index (χ1) is 10.1.